The Morgan fingerprint density at radius 1 is 1.22 bits per heavy atom. The van der Waals surface area contributed by atoms with Crippen LogP contribution in [0.1, 0.15) is 54.1 Å². The van der Waals surface area contributed by atoms with Crippen molar-refractivity contribution >= 4 is 27.5 Å². The number of amides is 1. The number of halogens is 1. The lowest BCUT2D eigenvalue weighted by molar-refractivity contribution is 0.0939. The Morgan fingerprint density at radius 2 is 1.85 bits per heavy atom. The highest BCUT2D eigenvalue weighted by molar-refractivity contribution is 7.89. The van der Waals surface area contributed by atoms with Crippen LogP contribution in [0.15, 0.2) is 23.1 Å². The highest BCUT2D eigenvalue weighted by Crippen LogP contribution is 2.24. The number of aromatic nitrogens is 2. The number of benzene rings is 1. The fraction of sp³-hybridized carbons (Fsp3) is 0.444. The molecule has 0 aliphatic rings. The van der Waals surface area contributed by atoms with E-state index in [9.17, 15) is 13.2 Å². The molecule has 0 saturated carbocycles. The Hall–Kier alpha value is -1.90. The smallest absolute Gasteiger partial charge is 0.253 e. The minimum Gasteiger partial charge on any atom is -0.345 e. The predicted octanol–water partition coefficient (Wildman–Crippen LogP) is 2.87. The van der Waals surface area contributed by atoms with Crippen molar-refractivity contribution in [3.8, 4) is 0 Å². The van der Waals surface area contributed by atoms with Gasteiger partial charge in [-0.15, -0.1) is 0 Å². The van der Waals surface area contributed by atoms with Gasteiger partial charge in [-0.05, 0) is 52.8 Å². The van der Waals surface area contributed by atoms with Gasteiger partial charge in [-0.1, -0.05) is 11.6 Å². The van der Waals surface area contributed by atoms with E-state index in [4.69, 9.17) is 11.6 Å². The Labute approximate surface area is 165 Å². The molecule has 0 aliphatic carbocycles. The zero-order valence-electron chi connectivity index (χ0n) is 16.3. The van der Waals surface area contributed by atoms with Crippen LogP contribution in [0.3, 0.4) is 0 Å². The largest absolute Gasteiger partial charge is 0.345 e. The monoisotopic (exact) mass is 412 g/mol. The van der Waals surface area contributed by atoms with Gasteiger partial charge in [-0.25, -0.2) is 13.1 Å². The van der Waals surface area contributed by atoms with Crippen molar-refractivity contribution in [3.05, 3.63) is 45.7 Å². The first kappa shape index (κ1) is 21.4. The lowest BCUT2D eigenvalue weighted by Gasteiger charge is -2.16. The second-order valence-electron chi connectivity index (χ2n) is 6.82. The van der Waals surface area contributed by atoms with Crippen molar-refractivity contribution in [2.75, 3.05) is 0 Å². The first-order chi connectivity index (χ1) is 12.4. The van der Waals surface area contributed by atoms with E-state index < -0.39 is 15.9 Å². The Morgan fingerprint density at radius 3 is 2.37 bits per heavy atom. The van der Waals surface area contributed by atoms with E-state index in [0.717, 1.165) is 17.0 Å². The number of nitrogens with zero attached hydrogens (tertiary/aromatic N) is 2. The molecule has 7 nitrogen and oxygen atoms in total. The van der Waals surface area contributed by atoms with Gasteiger partial charge >= 0.3 is 0 Å². The summed E-state index contributed by atoms with van der Waals surface area (Å²) in [6, 6.07) is 3.51. The summed E-state index contributed by atoms with van der Waals surface area (Å²) in [5.41, 5.74) is 2.80. The molecule has 1 heterocycles. The van der Waals surface area contributed by atoms with Crippen molar-refractivity contribution in [2.24, 2.45) is 7.05 Å². The molecule has 0 saturated heterocycles. The van der Waals surface area contributed by atoms with Crippen LogP contribution in [0.5, 0.6) is 0 Å². The van der Waals surface area contributed by atoms with E-state index in [2.05, 4.69) is 15.1 Å². The normalized spacial score (nSPS) is 13.0. The Bertz CT molecular complexity index is 967. The molecule has 2 rings (SSSR count). The molecule has 2 aromatic rings. The maximum Gasteiger partial charge on any atom is 0.253 e. The molecule has 27 heavy (non-hydrogen) atoms. The van der Waals surface area contributed by atoms with Crippen LogP contribution in [-0.2, 0) is 17.1 Å². The minimum atomic E-state index is -3.73. The van der Waals surface area contributed by atoms with E-state index >= 15 is 0 Å². The highest BCUT2D eigenvalue weighted by atomic mass is 35.5. The van der Waals surface area contributed by atoms with Gasteiger partial charge in [0.2, 0.25) is 10.0 Å². The molecular weight excluding hydrogens is 388 g/mol. The molecule has 148 valence electrons. The summed E-state index contributed by atoms with van der Waals surface area (Å²) in [6.45, 7) is 9.10. The van der Waals surface area contributed by atoms with Gasteiger partial charge in [-0.2, -0.15) is 5.10 Å². The van der Waals surface area contributed by atoms with Crippen LogP contribution >= 0.6 is 11.6 Å². The third-order valence-corrected chi connectivity index (χ3v) is 6.22. The summed E-state index contributed by atoms with van der Waals surface area (Å²) in [5.74, 6) is -0.447. The summed E-state index contributed by atoms with van der Waals surface area (Å²) >= 11 is 6.15. The lowest BCUT2D eigenvalue weighted by Crippen LogP contribution is -2.31. The van der Waals surface area contributed by atoms with Gasteiger partial charge in [0.15, 0.2) is 0 Å². The molecule has 0 aliphatic heterocycles. The predicted molar refractivity (Wildman–Crippen MR) is 105 cm³/mol. The quantitative estimate of drug-likeness (QED) is 0.762. The van der Waals surface area contributed by atoms with Crippen molar-refractivity contribution in [1.82, 2.24) is 19.8 Å². The van der Waals surface area contributed by atoms with Crippen LogP contribution in [0.25, 0.3) is 0 Å². The maximum atomic E-state index is 12.7. The number of hydrogen-bond donors (Lipinski definition) is 2. The summed E-state index contributed by atoms with van der Waals surface area (Å²) in [4.78, 5) is 12.7. The molecule has 0 bridgehead atoms. The van der Waals surface area contributed by atoms with Crippen LogP contribution in [0.2, 0.25) is 5.02 Å². The average molecular weight is 413 g/mol. The molecular formula is C18H25ClN4O3S. The van der Waals surface area contributed by atoms with E-state index in [-0.39, 0.29) is 27.6 Å². The molecule has 2 N–H and O–H groups in total. The van der Waals surface area contributed by atoms with Crippen LogP contribution in [0.4, 0.5) is 0 Å². The number of rotatable bonds is 6. The molecule has 1 aromatic carbocycles. The number of carbonyl (C=O) groups is 1. The molecule has 1 aromatic heterocycles. The van der Waals surface area contributed by atoms with Crippen molar-refractivity contribution in [3.63, 3.8) is 0 Å². The van der Waals surface area contributed by atoms with Gasteiger partial charge in [-0.3, -0.25) is 9.48 Å². The zero-order chi connectivity index (χ0) is 20.5. The van der Waals surface area contributed by atoms with E-state index in [1.807, 2.05) is 27.8 Å². The van der Waals surface area contributed by atoms with E-state index in [0.29, 0.717) is 0 Å². The molecule has 1 atom stereocenters. The summed E-state index contributed by atoms with van der Waals surface area (Å²) in [5, 5.41) is 7.41. The molecule has 9 heteroatoms. The second kappa shape index (κ2) is 8.00. The van der Waals surface area contributed by atoms with Gasteiger partial charge in [0, 0.05) is 24.3 Å². The second-order valence-corrected chi connectivity index (χ2v) is 8.94. The Balaban J connectivity index is 2.32. The van der Waals surface area contributed by atoms with Crippen LogP contribution in [0, 0.1) is 13.8 Å². The Kier molecular flexibility index (Phi) is 6.34. The molecule has 0 spiro atoms. The minimum absolute atomic E-state index is 0.00728. The van der Waals surface area contributed by atoms with Gasteiger partial charge in [0.1, 0.15) is 0 Å². The number of sulfonamides is 1. The van der Waals surface area contributed by atoms with Crippen molar-refractivity contribution < 1.29 is 13.2 Å². The molecule has 1 unspecified atom stereocenters. The third kappa shape index (κ3) is 4.69. The van der Waals surface area contributed by atoms with Crippen molar-refractivity contribution in [2.45, 2.75) is 51.6 Å². The maximum absolute atomic E-state index is 12.7. The summed E-state index contributed by atoms with van der Waals surface area (Å²) in [7, 11) is -1.88. The lowest BCUT2D eigenvalue weighted by atomic mass is 10.1. The number of hydrogen-bond acceptors (Lipinski definition) is 4. The fourth-order valence-electron chi connectivity index (χ4n) is 2.99. The summed E-state index contributed by atoms with van der Waals surface area (Å²) < 4.78 is 29.0. The molecule has 0 fully saturated rings. The topological polar surface area (TPSA) is 93.1 Å². The molecule has 1 amide bonds. The van der Waals surface area contributed by atoms with E-state index in [1.54, 1.807) is 18.5 Å². The van der Waals surface area contributed by atoms with Crippen LogP contribution in [-0.4, -0.2) is 30.1 Å². The summed E-state index contributed by atoms with van der Waals surface area (Å²) in [6.07, 6.45) is 0. The SMILES string of the molecule is Cc1nn(C)c(C)c1C(C)NC(=O)c1cc(S(=O)(=O)NC(C)C)ccc1Cl. The molecule has 0 radical (unpaired) electrons. The number of carbonyl (C=O) groups excluding carboxylic acids is 1. The standard InChI is InChI=1S/C18H25ClN4O3S/c1-10(2)22-27(25,26)14-7-8-16(19)15(9-14)18(24)20-11(3)17-12(4)21-23(6)13(17)5/h7-11,22H,1-6H3,(H,20,24). The first-order valence-corrected chi connectivity index (χ1v) is 10.4. The highest BCUT2D eigenvalue weighted by Gasteiger charge is 2.22. The first-order valence-electron chi connectivity index (χ1n) is 8.57. The van der Waals surface area contributed by atoms with Gasteiger partial charge in [0.25, 0.3) is 5.91 Å². The third-order valence-electron chi connectivity index (χ3n) is 4.23. The zero-order valence-corrected chi connectivity index (χ0v) is 17.9. The number of aryl methyl sites for hydroxylation is 2. The fourth-order valence-corrected chi connectivity index (χ4v) is 4.47. The van der Waals surface area contributed by atoms with Gasteiger partial charge < -0.3 is 5.32 Å². The van der Waals surface area contributed by atoms with Crippen molar-refractivity contribution in [1.29, 1.82) is 0 Å². The van der Waals surface area contributed by atoms with Crippen LogP contribution < -0.4 is 10.0 Å². The van der Waals surface area contributed by atoms with Gasteiger partial charge in [0.05, 0.1) is 27.2 Å². The number of nitrogens with one attached hydrogen (secondary N) is 2. The average Bonchev–Trinajstić information content (AvgIpc) is 2.78. The van der Waals surface area contributed by atoms with E-state index in [1.165, 1.54) is 18.2 Å².